The van der Waals surface area contributed by atoms with Crippen molar-refractivity contribution in [1.29, 1.82) is 0 Å². The minimum absolute atomic E-state index is 0. The zero-order valence-electron chi connectivity index (χ0n) is 7.67. The van der Waals surface area contributed by atoms with Crippen molar-refractivity contribution < 1.29 is 26.2 Å². The quantitative estimate of drug-likeness (QED) is 0.421. The molecule has 0 heterocycles. The zero-order chi connectivity index (χ0) is 5.54. The molecule has 0 bridgehead atoms. The standard InChI is InChI=1S/C5H5.2CH3.2BrH.H4Si2.Zr/c1-2-4-5-3-1;;;;;1-2;/h1-3H,4H2;2*1H3;2*1H;1-2H2;/q3*-1;;;;+3. The molecule has 12 heavy (non-hydrogen) atoms. The van der Waals surface area contributed by atoms with Crippen molar-refractivity contribution in [2.45, 2.75) is 6.42 Å². The molecule has 1 aliphatic rings. The van der Waals surface area contributed by atoms with Gasteiger partial charge in [0.1, 0.15) is 0 Å². The summed E-state index contributed by atoms with van der Waals surface area (Å²) < 4.78 is 0. The molecular weight excluding hydrogens is 391 g/mol. The van der Waals surface area contributed by atoms with E-state index in [1.807, 2.05) is 31.7 Å². The second kappa shape index (κ2) is 38.6. The van der Waals surface area contributed by atoms with E-state index in [2.05, 4.69) is 12.2 Å². The van der Waals surface area contributed by atoms with Crippen LogP contribution < -0.4 is 0 Å². The van der Waals surface area contributed by atoms with Crippen molar-refractivity contribution in [3.05, 3.63) is 39.2 Å². The second-order valence-electron chi connectivity index (χ2n) is 1.00. The molecule has 0 aromatic heterocycles. The van der Waals surface area contributed by atoms with E-state index in [4.69, 9.17) is 0 Å². The summed E-state index contributed by atoms with van der Waals surface area (Å²) in [7, 11) is 3.78. The van der Waals surface area contributed by atoms with Gasteiger partial charge in [-0.2, -0.15) is 6.08 Å². The summed E-state index contributed by atoms with van der Waals surface area (Å²) in [5.74, 6) is 0. The Morgan fingerprint density at radius 1 is 1.08 bits per heavy atom. The molecule has 1 aliphatic carbocycles. The first-order valence-corrected chi connectivity index (χ1v) is 6.22. The average molecular weight is 408 g/mol. The van der Waals surface area contributed by atoms with Crippen LogP contribution in [-0.2, 0) is 26.2 Å². The van der Waals surface area contributed by atoms with Crippen molar-refractivity contribution in [3.63, 3.8) is 0 Å². The fourth-order valence-corrected chi connectivity index (χ4v) is 0.340. The SMILES string of the molecule is Br.Br.[C-]1=CC=CC1.[CH3-].[CH3-].[SiH2][SiH2].[Zr+3]. The van der Waals surface area contributed by atoms with E-state index < -0.39 is 0 Å². The summed E-state index contributed by atoms with van der Waals surface area (Å²) in [6.07, 6.45) is 10.0. The van der Waals surface area contributed by atoms with E-state index in [0.717, 1.165) is 6.42 Å². The monoisotopic (exact) mass is 405 g/mol. The Bertz CT molecular complexity index is 77.5. The third kappa shape index (κ3) is 29.8. The van der Waals surface area contributed by atoms with Crippen LogP contribution in [-0.4, -0.2) is 19.5 Å². The topological polar surface area (TPSA) is 0 Å². The number of allylic oxidation sites excluding steroid dienone is 4. The predicted octanol–water partition coefficient (Wildman–Crippen LogP) is 1.53. The van der Waals surface area contributed by atoms with Crippen LogP contribution in [0.3, 0.4) is 0 Å². The van der Waals surface area contributed by atoms with Gasteiger partial charge in [-0.25, -0.2) is 12.2 Å². The van der Waals surface area contributed by atoms with Crippen molar-refractivity contribution in [2.24, 2.45) is 0 Å². The summed E-state index contributed by atoms with van der Waals surface area (Å²) in [4.78, 5) is 0. The number of rotatable bonds is 0. The second-order valence-corrected chi connectivity index (χ2v) is 1.00. The zero-order valence-corrected chi connectivity index (χ0v) is 16.4. The Labute approximate surface area is 124 Å². The van der Waals surface area contributed by atoms with Crippen LogP contribution in [0, 0.1) is 20.9 Å². The molecule has 0 amide bonds. The average Bonchev–Trinajstić information content (AvgIpc) is 2.23. The molecule has 0 atom stereocenters. The summed E-state index contributed by atoms with van der Waals surface area (Å²) in [5.41, 5.74) is 0. The maximum atomic E-state index is 2.99. The summed E-state index contributed by atoms with van der Waals surface area (Å²) in [6, 6.07) is 0. The van der Waals surface area contributed by atoms with Crippen molar-refractivity contribution in [3.8, 4) is 0 Å². The smallest absolute Gasteiger partial charge is 0.358 e. The number of hydrogen-bond donors (Lipinski definition) is 0. The molecule has 0 spiro atoms. The van der Waals surface area contributed by atoms with Crippen molar-refractivity contribution in [2.75, 3.05) is 0 Å². The first-order chi connectivity index (χ1) is 3.50. The molecular formula is C7H17Br2Si2Zr. The Hall–Kier alpha value is 1.76. The molecule has 0 aliphatic heterocycles. The molecule has 5 heteroatoms. The minimum atomic E-state index is 0. The molecule has 0 nitrogen and oxygen atoms in total. The van der Waals surface area contributed by atoms with Gasteiger partial charge in [0.05, 0.1) is 0 Å². The van der Waals surface area contributed by atoms with E-state index in [0.29, 0.717) is 0 Å². The van der Waals surface area contributed by atoms with Crippen LogP contribution >= 0.6 is 34.0 Å². The maximum absolute atomic E-state index is 2.99. The first-order valence-electron chi connectivity index (χ1n) is 2.22. The molecule has 0 N–H and O–H groups in total. The van der Waals surface area contributed by atoms with E-state index in [9.17, 15) is 0 Å². The molecule has 0 unspecified atom stereocenters. The van der Waals surface area contributed by atoms with Gasteiger partial charge in [-0.1, -0.05) is 0 Å². The predicted molar refractivity (Wildman–Crippen MR) is 72.1 cm³/mol. The van der Waals surface area contributed by atoms with E-state index in [1.54, 1.807) is 0 Å². The van der Waals surface area contributed by atoms with Gasteiger partial charge in [0.2, 0.25) is 0 Å². The van der Waals surface area contributed by atoms with Gasteiger partial charge >= 0.3 is 26.2 Å². The van der Waals surface area contributed by atoms with Gasteiger partial charge in [0.15, 0.2) is 0 Å². The Kier molecular flexibility index (Phi) is 120. The Morgan fingerprint density at radius 2 is 1.50 bits per heavy atom. The Morgan fingerprint density at radius 3 is 1.58 bits per heavy atom. The molecule has 0 saturated carbocycles. The summed E-state index contributed by atoms with van der Waals surface area (Å²) in [6.45, 7) is 0. The van der Waals surface area contributed by atoms with Crippen LogP contribution in [0.4, 0.5) is 0 Å². The maximum Gasteiger partial charge on any atom is 3.00 e. The minimum Gasteiger partial charge on any atom is -0.358 e. The van der Waals surface area contributed by atoms with Gasteiger partial charge in [-0.3, -0.25) is 6.08 Å². The Balaban J connectivity index is -0.0000000122. The van der Waals surface area contributed by atoms with Crippen LogP contribution in [0.5, 0.6) is 0 Å². The molecule has 3 radical (unpaired) electrons. The van der Waals surface area contributed by atoms with E-state index in [-0.39, 0.29) is 75.0 Å². The van der Waals surface area contributed by atoms with Gasteiger partial charge in [0.25, 0.3) is 0 Å². The van der Waals surface area contributed by atoms with Crippen LogP contribution in [0.1, 0.15) is 6.42 Å². The van der Waals surface area contributed by atoms with Crippen LogP contribution in [0.15, 0.2) is 18.2 Å². The third-order valence-corrected chi connectivity index (χ3v) is 0.586. The molecule has 0 saturated heterocycles. The number of hydrogen-bond acceptors (Lipinski definition) is 0. The third-order valence-electron chi connectivity index (χ3n) is 0.586. The number of halogens is 2. The summed E-state index contributed by atoms with van der Waals surface area (Å²) >= 11 is 0. The molecule has 0 aromatic carbocycles. The molecule has 1 rings (SSSR count). The molecule has 0 fully saturated rings. The van der Waals surface area contributed by atoms with Crippen LogP contribution in [0.2, 0.25) is 0 Å². The summed E-state index contributed by atoms with van der Waals surface area (Å²) in [5, 5.41) is 0. The normalized spacial score (nSPS) is 7.83. The van der Waals surface area contributed by atoms with Crippen molar-refractivity contribution >= 4 is 53.5 Å². The van der Waals surface area contributed by atoms with E-state index >= 15 is 0 Å². The fraction of sp³-hybridized carbons (Fsp3) is 0.143. The van der Waals surface area contributed by atoms with Crippen molar-refractivity contribution in [1.82, 2.24) is 0 Å². The fourth-order valence-electron chi connectivity index (χ4n) is 0.340. The van der Waals surface area contributed by atoms with E-state index in [1.165, 1.54) is 0 Å². The van der Waals surface area contributed by atoms with Gasteiger partial charge in [-0.05, 0) is 19.5 Å². The van der Waals surface area contributed by atoms with Gasteiger partial charge < -0.3 is 14.9 Å². The molecule has 71 valence electrons. The van der Waals surface area contributed by atoms with Gasteiger partial charge in [-0.15, -0.1) is 40.4 Å². The van der Waals surface area contributed by atoms with Gasteiger partial charge in [0, 0.05) is 0 Å². The largest absolute Gasteiger partial charge is 3.00 e. The first kappa shape index (κ1) is 37.2. The van der Waals surface area contributed by atoms with Crippen LogP contribution in [0.25, 0.3) is 0 Å². The molecule has 0 aromatic rings.